The molecule has 0 aliphatic rings. The topological polar surface area (TPSA) is 149 Å². The zero-order valence-electron chi connectivity index (χ0n) is 12.1. The molecule has 0 heterocycles. The molecule has 11 heteroatoms. The van der Waals surface area contributed by atoms with Crippen molar-refractivity contribution in [2.75, 3.05) is 0 Å². The molecule has 0 saturated heterocycles. The number of nitro benzene ring substituents is 1. The number of primary sulfonamides is 1. The smallest absolute Gasteiger partial charge is 0.258 e. The predicted octanol–water partition coefficient (Wildman–Crippen LogP) is 0.721. The highest BCUT2D eigenvalue weighted by Crippen LogP contribution is 2.17. The van der Waals surface area contributed by atoms with E-state index in [-0.39, 0.29) is 22.0 Å². The minimum Gasteiger partial charge on any atom is -0.258 e. The van der Waals surface area contributed by atoms with Gasteiger partial charge in [-0.05, 0) is 23.8 Å². The molecule has 0 aromatic heterocycles. The summed E-state index contributed by atoms with van der Waals surface area (Å²) >= 11 is 0. The maximum atomic E-state index is 12.2. The molecule has 3 N–H and O–H groups in total. The van der Waals surface area contributed by atoms with E-state index in [0.717, 1.165) is 6.07 Å². The molecule has 128 valence electrons. The zero-order chi connectivity index (χ0) is 18.0. The van der Waals surface area contributed by atoms with Gasteiger partial charge in [0.15, 0.2) is 0 Å². The van der Waals surface area contributed by atoms with Crippen LogP contribution < -0.4 is 9.86 Å². The average molecular weight is 371 g/mol. The summed E-state index contributed by atoms with van der Waals surface area (Å²) in [5.41, 5.74) is 0.159. The summed E-state index contributed by atoms with van der Waals surface area (Å²) in [5, 5.41) is 15.7. The predicted molar refractivity (Wildman–Crippen MR) is 84.9 cm³/mol. The molecule has 0 bridgehead atoms. The summed E-state index contributed by atoms with van der Waals surface area (Å²) in [4.78, 5) is 9.69. The molecule has 0 unspecified atom stereocenters. The van der Waals surface area contributed by atoms with Crippen molar-refractivity contribution in [3.05, 3.63) is 64.2 Å². The summed E-state index contributed by atoms with van der Waals surface area (Å²) in [6.07, 6.45) is 0. The highest BCUT2D eigenvalue weighted by Gasteiger charge is 2.17. The monoisotopic (exact) mass is 371 g/mol. The van der Waals surface area contributed by atoms with Gasteiger partial charge in [-0.1, -0.05) is 18.2 Å². The molecule has 0 amide bonds. The third kappa shape index (κ3) is 4.35. The number of nitrogens with two attached hydrogens (primary N) is 1. The highest BCUT2D eigenvalue weighted by molar-refractivity contribution is 7.89. The lowest BCUT2D eigenvalue weighted by Gasteiger charge is -2.07. The van der Waals surface area contributed by atoms with Crippen molar-refractivity contribution in [1.29, 1.82) is 0 Å². The van der Waals surface area contributed by atoms with Crippen LogP contribution in [-0.2, 0) is 26.6 Å². The van der Waals surface area contributed by atoms with Crippen molar-refractivity contribution in [2.24, 2.45) is 5.14 Å². The Bertz CT molecular complexity index is 969. The first-order valence-electron chi connectivity index (χ1n) is 6.45. The molecule has 2 rings (SSSR count). The Kier molecular flexibility index (Phi) is 4.99. The molecule has 9 nitrogen and oxygen atoms in total. The maximum Gasteiger partial charge on any atom is 0.270 e. The maximum absolute atomic E-state index is 12.2. The number of nitrogens with zero attached hydrogens (tertiary/aromatic N) is 1. The Morgan fingerprint density at radius 2 is 1.62 bits per heavy atom. The number of benzene rings is 2. The Hall–Kier alpha value is -2.34. The van der Waals surface area contributed by atoms with Gasteiger partial charge < -0.3 is 0 Å². The lowest BCUT2D eigenvalue weighted by Crippen LogP contribution is -2.23. The van der Waals surface area contributed by atoms with Gasteiger partial charge in [0.1, 0.15) is 0 Å². The molecule has 0 atom stereocenters. The first-order valence-corrected chi connectivity index (χ1v) is 9.48. The van der Waals surface area contributed by atoms with Crippen molar-refractivity contribution >= 4 is 25.7 Å². The molecular formula is C13H13N3O6S2. The molecule has 0 aliphatic heterocycles. The van der Waals surface area contributed by atoms with Gasteiger partial charge in [0, 0.05) is 18.7 Å². The van der Waals surface area contributed by atoms with Crippen molar-refractivity contribution in [2.45, 2.75) is 16.3 Å². The minimum atomic E-state index is -3.95. The van der Waals surface area contributed by atoms with E-state index in [4.69, 9.17) is 5.14 Å². The van der Waals surface area contributed by atoms with Crippen LogP contribution in [0.5, 0.6) is 0 Å². The number of nitrogens with one attached hydrogen (secondary N) is 1. The fourth-order valence-corrected chi connectivity index (χ4v) is 3.40. The van der Waals surface area contributed by atoms with Crippen LogP contribution in [0.4, 0.5) is 5.69 Å². The highest BCUT2D eigenvalue weighted by atomic mass is 32.2. The van der Waals surface area contributed by atoms with Crippen LogP contribution in [0.2, 0.25) is 0 Å². The molecule has 0 spiro atoms. The third-order valence-electron chi connectivity index (χ3n) is 3.06. The van der Waals surface area contributed by atoms with Gasteiger partial charge in [0.25, 0.3) is 5.69 Å². The first kappa shape index (κ1) is 18.0. The second-order valence-electron chi connectivity index (χ2n) is 4.77. The van der Waals surface area contributed by atoms with Crippen LogP contribution in [-0.4, -0.2) is 21.8 Å². The largest absolute Gasteiger partial charge is 0.270 e. The van der Waals surface area contributed by atoms with Gasteiger partial charge in [-0.2, -0.15) is 0 Å². The van der Waals surface area contributed by atoms with Crippen molar-refractivity contribution in [3.8, 4) is 0 Å². The Morgan fingerprint density at radius 1 is 1.00 bits per heavy atom. The fourth-order valence-electron chi connectivity index (χ4n) is 1.82. The van der Waals surface area contributed by atoms with Crippen LogP contribution in [0.3, 0.4) is 0 Å². The van der Waals surface area contributed by atoms with Crippen LogP contribution in [0.15, 0.2) is 58.3 Å². The van der Waals surface area contributed by atoms with E-state index < -0.39 is 25.0 Å². The molecular weight excluding hydrogens is 358 g/mol. The van der Waals surface area contributed by atoms with E-state index in [1.165, 1.54) is 42.5 Å². The van der Waals surface area contributed by atoms with E-state index >= 15 is 0 Å². The summed E-state index contributed by atoms with van der Waals surface area (Å²) in [7, 11) is -7.77. The normalized spacial score (nSPS) is 12.0. The molecule has 0 saturated carbocycles. The van der Waals surface area contributed by atoms with E-state index in [1.54, 1.807) is 0 Å². The van der Waals surface area contributed by atoms with Crippen LogP contribution in [0.1, 0.15) is 5.56 Å². The third-order valence-corrected chi connectivity index (χ3v) is 5.39. The number of nitro groups is 1. The van der Waals surface area contributed by atoms with E-state index in [1.807, 2.05) is 0 Å². The van der Waals surface area contributed by atoms with Crippen LogP contribution in [0.25, 0.3) is 0 Å². The molecule has 0 fully saturated rings. The first-order chi connectivity index (χ1) is 11.1. The Balaban J connectivity index is 2.16. The number of hydrogen-bond acceptors (Lipinski definition) is 6. The molecule has 2 aromatic carbocycles. The van der Waals surface area contributed by atoms with Crippen LogP contribution in [0, 0.1) is 10.1 Å². The second kappa shape index (κ2) is 6.65. The van der Waals surface area contributed by atoms with Gasteiger partial charge in [-0.15, -0.1) is 0 Å². The van der Waals surface area contributed by atoms with Gasteiger partial charge in [-0.25, -0.2) is 26.7 Å². The lowest BCUT2D eigenvalue weighted by atomic mass is 10.2. The number of rotatable bonds is 6. The summed E-state index contributed by atoms with van der Waals surface area (Å²) in [6, 6.07) is 9.98. The van der Waals surface area contributed by atoms with Gasteiger partial charge in [0.2, 0.25) is 20.0 Å². The SMILES string of the molecule is NS(=O)(=O)c1ccc(CNS(=O)(=O)c2cccc([N+](=O)[O-])c2)cc1. The van der Waals surface area contributed by atoms with Crippen LogP contribution >= 0.6 is 0 Å². The average Bonchev–Trinajstić information content (AvgIpc) is 2.53. The van der Waals surface area contributed by atoms with Gasteiger partial charge in [0.05, 0.1) is 14.7 Å². The minimum absolute atomic E-state index is 0.0900. The molecule has 0 aliphatic carbocycles. The van der Waals surface area contributed by atoms with Gasteiger partial charge in [-0.3, -0.25) is 10.1 Å². The van der Waals surface area contributed by atoms with Crippen molar-refractivity contribution in [3.63, 3.8) is 0 Å². The Labute approximate surface area is 138 Å². The van der Waals surface area contributed by atoms with Crippen molar-refractivity contribution in [1.82, 2.24) is 4.72 Å². The summed E-state index contributed by atoms with van der Waals surface area (Å²) < 4.78 is 48.9. The van der Waals surface area contributed by atoms with E-state index in [2.05, 4.69) is 4.72 Å². The van der Waals surface area contributed by atoms with Gasteiger partial charge >= 0.3 is 0 Å². The number of hydrogen-bond donors (Lipinski definition) is 2. The number of sulfonamides is 2. The summed E-state index contributed by atoms with van der Waals surface area (Å²) in [5.74, 6) is 0. The fraction of sp³-hybridized carbons (Fsp3) is 0.0769. The molecule has 24 heavy (non-hydrogen) atoms. The standard InChI is InChI=1S/C13H13N3O6S2/c14-23(19,20)12-6-4-10(5-7-12)9-15-24(21,22)13-3-1-2-11(8-13)16(17)18/h1-8,15H,9H2,(H2,14,19,20). The van der Waals surface area contributed by atoms with E-state index in [9.17, 15) is 26.9 Å². The quantitative estimate of drug-likeness (QED) is 0.564. The Morgan fingerprint density at radius 3 is 2.17 bits per heavy atom. The molecule has 2 aromatic rings. The summed E-state index contributed by atoms with van der Waals surface area (Å²) in [6.45, 7) is -0.115. The lowest BCUT2D eigenvalue weighted by molar-refractivity contribution is -0.385. The van der Waals surface area contributed by atoms with E-state index in [0.29, 0.717) is 5.56 Å². The second-order valence-corrected chi connectivity index (χ2v) is 8.10. The van der Waals surface area contributed by atoms with Crippen molar-refractivity contribution < 1.29 is 21.8 Å². The molecule has 0 radical (unpaired) electrons. The zero-order valence-corrected chi connectivity index (χ0v) is 13.7. The number of non-ortho nitro benzene ring substituents is 1.